The largest absolute Gasteiger partial charge is 0.469 e. The summed E-state index contributed by atoms with van der Waals surface area (Å²) in [5, 5.41) is 0. The molecule has 0 N–H and O–H groups in total. The molecule has 0 amide bonds. The fourth-order valence-corrected chi connectivity index (χ4v) is 8.10. The number of aromatic nitrogens is 4. The summed E-state index contributed by atoms with van der Waals surface area (Å²) in [7, 11) is 0. The van der Waals surface area contributed by atoms with E-state index in [4.69, 9.17) is 4.74 Å². The Hall–Kier alpha value is -6.46. The van der Waals surface area contributed by atoms with Crippen LogP contribution in [0, 0.1) is 0 Å². The number of hydrogen-bond acceptors (Lipinski definition) is 1. The highest BCUT2D eigenvalue weighted by molar-refractivity contribution is 5.75. The maximum atomic E-state index is 6.65. The van der Waals surface area contributed by atoms with Crippen molar-refractivity contribution in [3.8, 4) is 67.4 Å². The van der Waals surface area contributed by atoms with Gasteiger partial charge in [-0.25, -0.2) is 0 Å². The van der Waals surface area contributed by atoms with Crippen LogP contribution in [0.25, 0.3) is 55.9 Å². The van der Waals surface area contributed by atoms with Crippen molar-refractivity contribution in [1.29, 1.82) is 0 Å². The third kappa shape index (κ3) is 3.29. The molecule has 1 atom stereocenters. The summed E-state index contributed by atoms with van der Waals surface area (Å²) < 4.78 is 16.1. The molecule has 3 aliphatic rings. The van der Waals surface area contributed by atoms with Crippen LogP contribution in [-0.2, 0) is 5.66 Å². The van der Waals surface area contributed by atoms with E-state index in [2.05, 4.69) is 189 Å². The maximum absolute atomic E-state index is 6.65. The first-order valence-corrected chi connectivity index (χ1v) is 16.3. The molecule has 1 spiro atoms. The van der Waals surface area contributed by atoms with Crippen molar-refractivity contribution in [2.45, 2.75) is 5.66 Å². The number of benzene rings is 6. The number of nitrogens with zero attached hydrogens (tertiary/aromatic N) is 4. The monoisotopic (exact) mass is 616 g/mol. The second-order valence-electron chi connectivity index (χ2n) is 12.8. The molecule has 1 unspecified atom stereocenters. The van der Waals surface area contributed by atoms with Crippen LogP contribution in [0.4, 0.5) is 0 Å². The van der Waals surface area contributed by atoms with Gasteiger partial charge in [0.15, 0.2) is 11.1 Å². The molecule has 3 aliphatic heterocycles. The average molecular weight is 617 g/mol. The fraction of sp³-hybridized carbons (Fsp3) is 0.0233. The Balaban J connectivity index is 1.12. The fourth-order valence-electron chi connectivity index (χ4n) is 8.10. The van der Waals surface area contributed by atoms with E-state index in [1.165, 1.54) is 33.4 Å². The summed E-state index contributed by atoms with van der Waals surface area (Å²) in [4.78, 5) is 0. The second-order valence-corrected chi connectivity index (χ2v) is 12.8. The third-order valence-electron chi connectivity index (χ3n) is 10.2. The van der Waals surface area contributed by atoms with Crippen LogP contribution in [0.1, 0.15) is 11.1 Å². The summed E-state index contributed by atoms with van der Waals surface area (Å²) in [6.45, 7) is 0. The van der Waals surface area contributed by atoms with E-state index < -0.39 is 5.66 Å². The molecule has 0 fully saturated rings. The first kappa shape index (κ1) is 25.7. The van der Waals surface area contributed by atoms with Crippen molar-refractivity contribution in [2.75, 3.05) is 0 Å². The predicted octanol–water partition coefficient (Wildman–Crippen LogP) is 8.54. The van der Waals surface area contributed by atoms with Gasteiger partial charge < -0.3 is 4.74 Å². The summed E-state index contributed by atoms with van der Waals surface area (Å²) in [5.41, 5.74) is 13.4. The van der Waals surface area contributed by atoms with Crippen molar-refractivity contribution in [2.24, 2.45) is 0 Å². The highest BCUT2D eigenvalue weighted by Crippen LogP contribution is 2.54. The molecule has 0 saturated heterocycles. The first-order valence-electron chi connectivity index (χ1n) is 16.3. The van der Waals surface area contributed by atoms with Crippen molar-refractivity contribution in [3.63, 3.8) is 0 Å². The van der Waals surface area contributed by atoms with Crippen molar-refractivity contribution in [1.82, 2.24) is 9.36 Å². The molecular weight excluding hydrogens is 589 g/mol. The number of hydrogen-bond donors (Lipinski definition) is 0. The molecule has 0 radical (unpaired) electrons. The Morgan fingerprint density at radius 3 is 1.38 bits per heavy atom. The van der Waals surface area contributed by atoms with Gasteiger partial charge in [0.2, 0.25) is 12.4 Å². The topological polar surface area (TPSA) is 26.8 Å². The van der Waals surface area contributed by atoms with Crippen LogP contribution in [0.15, 0.2) is 170 Å². The molecule has 0 bridgehead atoms. The zero-order valence-corrected chi connectivity index (χ0v) is 25.9. The SMILES string of the molecule is c1ccc(-c2ccc(-c3cn4[n+](c3)C35c6c(cccc6-4)Oc4cccc(c43)-n3cc(-c4cccc(-c6ccccc6)c4)c[n+]35)cc2)cc1. The lowest BCUT2D eigenvalue weighted by atomic mass is 9.87. The van der Waals surface area contributed by atoms with Gasteiger partial charge in [-0.1, -0.05) is 115 Å². The van der Waals surface area contributed by atoms with E-state index in [0.29, 0.717) is 0 Å². The molecule has 2 aromatic heterocycles. The van der Waals surface area contributed by atoms with Crippen LogP contribution in [0.3, 0.4) is 0 Å². The summed E-state index contributed by atoms with van der Waals surface area (Å²) in [6.07, 6.45) is 9.14. The highest BCUT2D eigenvalue weighted by atomic mass is 16.5. The summed E-state index contributed by atoms with van der Waals surface area (Å²) in [5.74, 6) is 1.77. The van der Waals surface area contributed by atoms with Crippen LogP contribution >= 0.6 is 0 Å². The Morgan fingerprint density at radius 2 is 0.812 bits per heavy atom. The maximum Gasteiger partial charge on any atom is 0.469 e. The Kier molecular flexibility index (Phi) is 4.98. The van der Waals surface area contributed by atoms with Gasteiger partial charge in [-0.3, -0.25) is 0 Å². The first-order chi connectivity index (χ1) is 23.8. The van der Waals surface area contributed by atoms with E-state index in [1.54, 1.807) is 0 Å². The van der Waals surface area contributed by atoms with Gasteiger partial charge in [0.05, 0.1) is 23.5 Å². The van der Waals surface area contributed by atoms with Gasteiger partial charge in [-0.15, -0.1) is 9.36 Å². The number of rotatable bonds is 4. The lowest BCUT2D eigenvalue weighted by Gasteiger charge is -2.22. The van der Waals surface area contributed by atoms with Gasteiger partial charge in [-0.2, -0.15) is 0 Å². The highest BCUT2D eigenvalue weighted by Gasteiger charge is 2.73. The molecule has 11 rings (SSSR count). The predicted molar refractivity (Wildman–Crippen MR) is 185 cm³/mol. The Labute approximate surface area is 277 Å². The van der Waals surface area contributed by atoms with Crippen LogP contribution in [-0.4, -0.2) is 9.36 Å². The van der Waals surface area contributed by atoms with E-state index in [-0.39, 0.29) is 0 Å². The van der Waals surface area contributed by atoms with E-state index in [0.717, 1.165) is 45.1 Å². The smallest absolute Gasteiger partial charge is 0.455 e. The number of ether oxygens (including phenoxy) is 1. The van der Waals surface area contributed by atoms with Gasteiger partial charge in [0, 0.05) is 0 Å². The van der Waals surface area contributed by atoms with Crippen molar-refractivity contribution < 1.29 is 14.1 Å². The summed E-state index contributed by atoms with van der Waals surface area (Å²) in [6, 6.07) is 51.7. The molecule has 0 aliphatic carbocycles. The van der Waals surface area contributed by atoms with Crippen molar-refractivity contribution >= 4 is 0 Å². The molecule has 5 nitrogen and oxygen atoms in total. The lowest BCUT2D eigenvalue weighted by Crippen LogP contribution is -2.74. The average Bonchev–Trinajstić information content (AvgIpc) is 3.91. The minimum Gasteiger partial charge on any atom is -0.455 e. The molecule has 5 heteroatoms. The molecule has 0 saturated carbocycles. The molecule has 48 heavy (non-hydrogen) atoms. The minimum atomic E-state index is -0.659. The standard InChI is InChI=1S/C43H28N4O/c1-3-10-29(11-4-1)31-20-22-32(23-21-31)35-25-44-37-16-8-18-39-41(37)43(46(44)27-35)42-38(17-9-19-40(42)48-39)45-26-36(28-47(43)45)34-15-7-14-33(24-34)30-12-5-2-6-13-30/h1-28H/q+2. The normalized spacial score (nSPS) is 15.8. The Bertz CT molecular complexity index is 2580. The Morgan fingerprint density at radius 1 is 0.396 bits per heavy atom. The molecular formula is C43H28N4O+2. The zero-order chi connectivity index (χ0) is 31.4. The second kappa shape index (κ2) is 9.30. The van der Waals surface area contributed by atoms with E-state index in [9.17, 15) is 0 Å². The van der Waals surface area contributed by atoms with E-state index >= 15 is 0 Å². The number of fused-ring (bicyclic) bond motifs is 4. The van der Waals surface area contributed by atoms with Gasteiger partial charge >= 0.3 is 5.66 Å². The van der Waals surface area contributed by atoms with Crippen LogP contribution in [0.5, 0.6) is 11.5 Å². The quantitative estimate of drug-likeness (QED) is 0.182. The zero-order valence-electron chi connectivity index (χ0n) is 25.9. The van der Waals surface area contributed by atoms with Crippen LogP contribution in [0.2, 0.25) is 0 Å². The van der Waals surface area contributed by atoms with Gasteiger partial charge in [0.25, 0.3) is 0 Å². The molecule has 5 heterocycles. The summed E-state index contributed by atoms with van der Waals surface area (Å²) >= 11 is 0. The third-order valence-corrected chi connectivity index (χ3v) is 10.2. The molecule has 224 valence electrons. The lowest BCUT2D eigenvalue weighted by molar-refractivity contribution is -1.02. The van der Waals surface area contributed by atoms with Gasteiger partial charge in [-0.05, 0) is 73.1 Å². The molecule has 6 aromatic carbocycles. The van der Waals surface area contributed by atoms with Crippen molar-refractivity contribution in [3.05, 3.63) is 182 Å². The van der Waals surface area contributed by atoms with Gasteiger partial charge in [0.1, 0.15) is 22.9 Å². The van der Waals surface area contributed by atoms with Crippen LogP contribution < -0.4 is 14.1 Å². The minimum absolute atomic E-state index is 0.659. The van der Waals surface area contributed by atoms with E-state index in [1.807, 2.05) is 0 Å². The molecule has 8 aromatic rings.